The van der Waals surface area contributed by atoms with Gasteiger partial charge in [0.25, 0.3) is 0 Å². The fourth-order valence-corrected chi connectivity index (χ4v) is 1.21. The quantitative estimate of drug-likeness (QED) is 0.535. The van der Waals surface area contributed by atoms with Gasteiger partial charge < -0.3 is 0 Å². The molecule has 2 unspecified atom stereocenters. The maximum Gasteiger partial charge on any atom is 0.0625 e. The van der Waals surface area contributed by atoms with E-state index in [4.69, 9.17) is 5.26 Å². The van der Waals surface area contributed by atoms with Gasteiger partial charge in [0.05, 0.1) is 6.07 Å². The molecule has 38 valence electrons. The Balaban J connectivity index is 2.12. The summed E-state index contributed by atoms with van der Waals surface area (Å²) in [4.78, 5) is 0.659. The number of nitrogens with zero attached hydrogens (tertiary/aromatic N) is 1. The first-order valence-corrected chi connectivity index (χ1v) is 3.27. The van der Waals surface area contributed by atoms with Crippen LogP contribution in [0.4, 0.5) is 0 Å². The molecule has 1 nitrogen and oxygen atoms in total. The first-order valence-electron chi connectivity index (χ1n) is 2.35. The SMILES string of the molecule is N#CCC1CC1Br. The molecule has 1 aliphatic carbocycles. The molecule has 1 rings (SSSR count). The molecular formula is C5H6BrN. The molecule has 0 saturated heterocycles. The van der Waals surface area contributed by atoms with E-state index in [2.05, 4.69) is 22.0 Å². The fraction of sp³-hybridized carbons (Fsp3) is 0.800. The van der Waals surface area contributed by atoms with Crippen LogP contribution in [0, 0.1) is 17.2 Å². The second-order valence-corrected chi connectivity index (χ2v) is 3.05. The lowest BCUT2D eigenvalue weighted by molar-refractivity contribution is 0.880. The van der Waals surface area contributed by atoms with Crippen LogP contribution in [-0.2, 0) is 0 Å². The van der Waals surface area contributed by atoms with Gasteiger partial charge in [-0.15, -0.1) is 0 Å². The van der Waals surface area contributed by atoms with Crippen LogP contribution in [-0.4, -0.2) is 4.83 Å². The van der Waals surface area contributed by atoms with Crippen LogP contribution in [0.2, 0.25) is 0 Å². The summed E-state index contributed by atoms with van der Waals surface area (Å²) < 4.78 is 0. The molecule has 0 heterocycles. The number of hydrogen-bond donors (Lipinski definition) is 0. The topological polar surface area (TPSA) is 23.8 Å². The van der Waals surface area contributed by atoms with E-state index in [0.29, 0.717) is 10.7 Å². The predicted molar refractivity (Wildman–Crippen MR) is 31.1 cm³/mol. The molecule has 0 bridgehead atoms. The smallest absolute Gasteiger partial charge is 0.0625 e. The van der Waals surface area contributed by atoms with Crippen LogP contribution >= 0.6 is 15.9 Å². The van der Waals surface area contributed by atoms with Gasteiger partial charge in [0.2, 0.25) is 0 Å². The van der Waals surface area contributed by atoms with Crippen LogP contribution in [0.3, 0.4) is 0 Å². The van der Waals surface area contributed by atoms with Crippen molar-refractivity contribution >= 4 is 15.9 Å². The minimum absolute atomic E-state index is 0.659. The molecule has 2 atom stereocenters. The summed E-state index contributed by atoms with van der Waals surface area (Å²) in [5.74, 6) is 0.671. The maximum atomic E-state index is 8.12. The Morgan fingerprint density at radius 2 is 2.43 bits per heavy atom. The summed E-state index contributed by atoms with van der Waals surface area (Å²) in [6.07, 6.45) is 1.93. The third-order valence-electron chi connectivity index (χ3n) is 1.19. The average molecular weight is 160 g/mol. The highest BCUT2D eigenvalue weighted by Crippen LogP contribution is 2.39. The third kappa shape index (κ3) is 1.17. The molecule has 1 fully saturated rings. The van der Waals surface area contributed by atoms with Crippen LogP contribution in [0.25, 0.3) is 0 Å². The molecule has 0 aliphatic heterocycles. The number of halogens is 1. The van der Waals surface area contributed by atoms with Crippen molar-refractivity contribution in [1.29, 1.82) is 5.26 Å². The molecule has 0 spiro atoms. The Bertz CT molecular complexity index is 105. The molecule has 1 saturated carbocycles. The van der Waals surface area contributed by atoms with Gasteiger partial charge in [-0.3, -0.25) is 0 Å². The van der Waals surface area contributed by atoms with E-state index < -0.39 is 0 Å². The Morgan fingerprint density at radius 3 is 2.57 bits per heavy atom. The second-order valence-electron chi connectivity index (χ2n) is 1.87. The minimum atomic E-state index is 0.659. The van der Waals surface area contributed by atoms with Crippen molar-refractivity contribution in [3.63, 3.8) is 0 Å². The highest BCUT2D eigenvalue weighted by atomic mass is 79.9. The molecule has 7 heavy (non-hydrogen) atoms. The molecule has 0 aromatic rings. The minimum Gasteiger partial charge on any atom is -0.198 e. The highest BCUT2D eigenvalue weighted by Gasteiger charge is 2.33. The summed E-state index contributed by atoms with van der Waals surface area (Å²) in [6, 6.07) is 2.13. The summed E-state index contributed by atoms with van der Waals surface area (Å²) >= 11 is 3.40. The van der Waals surface area contributed by atoms with E-state index in [1.165, 1.54) is 6.42 Å². The van der Waals surface area contributed by atoms with Crippen molar-refractivity contribution < 1.29 is 0 Å². The first kappa shape index (κ1) is 5.11. The predicted octanol–water partition coefficient (Wildman–Crippen LogP) is 1.68. The zero-order valence-corrected chi connectivity index (χ0v) is 5.48. The van der Waals surface area contributed by atoms with Gasteiger partial charge in [-0.05, 0) is 12.3 Å². The van der Waals surface area contributed by atoms with Crippen LogP contribution < -0.4 is 0 Å². The highest BCUT2D eigenvalue weighted by molar-refractivity contribution is 9.09. The van der Waals surface area contributed by atoms with Crippen LogP contribution in [0.5, 0.6) is 0 Å². The van der Waals surface area contributed by atoms with Crippen molar-refractivity contribution in [2.75, 3.05) is 0 Å². The number of alkyl halides is 1. The monoisotopic (exact) mass is 159 g/mol. The molecule has 0 N–H and O–H groups in total. The maximum absolute atomic E-state index is 8.12. The normalized spacial score (nSPS) is 37.1. The number of hydrogen-bond acceptors (Lipinski definition) is 1. The molecule has 0 radical (unpaired) electrons. The third-order valence-corrected chi connectivity index (χ3v) is 2.31. The van der Waals surface area contributed by atoms with Crippen molar-refractivity contribution in [2.24, 2.45) is 5.92 Å². The van der Waals surface area contributed by atoms with Gasteiger partial charge in [0.1, 0.15) is 0 Å². The van der Waals surface area contributed by atoms with E-state index >= 15 is 0 Å². The van der Waals surface area contributed by atoms with Crippen LogP contribution in [0.1, 0.15) is 12.8 Å². The van der Waals surface area contributed by atoms with E-state index in [-0.39, 0.29) is 0 Å². The summed E-state index contributed by atoms with van der Waals surface area (Å²) in [5, 5.41) is 8.12. The van der Waals surface area contributed by atoms with E-state index in [9.17, 15) is 0 Å². The largest absolute Gasteiger partial charge is 0.198 e. The zero-order chi connectivity index (χ0) is 5.28. The molecular weight excluding hydrogens is 154 g/mol. The fourth-order valence-electron chi connectivity index (χ4n) is 0.539. The lowest BCUT2D eigenvalue weighted by Gasteiger charge is -1.75. The Hall–Kier alpha value is -0.0300. The van der Waals surface area contributed by atoms with Gasteiger partial charge in [0.15, 0.2) is 0 Å². The van der Waals surface area contributed by atoms with E-state index in [1.54, 1.807) is 0 Å². The first-order chi connectivity index (χ1) is 3.34. The summed E-state index contributed by atoms with van der Waals surface area (Å²) in [6.45, 7) is 0. The van der Waals surface area contributed by atoms with Crippen molar-refractivity contribution in [1.82, 2.24) is 0 Å². The summed E-state index contributed by atoms with van der Waals surface area (Å²) in [5.41, 5.74) is 0. The van der Waals surface area contributed by atoms with Crippen LogP contribution in [0.15, 0.2) is 0 Å². The molecule has 0 amide bonds. The molecule has 1 aliphatic rings. The van der Waals surface area contributed by atoms with Gasteiger partial charge in [0, 0.05) is 11.2 Å². The Labute approximate surface area is 51.5 Å². The van der Waals surface area contributed by atoms with Crippen molar-refractivity contribution in [3.05, 3.63) is 0 Å². The summed E-state index contributed by atoms with van der Waals surface area (Å²) in [7, 11) is 0. The molecule has 0 aromatic heterocycles. The Kier molecular flexibility index (Phi) is 1.34. The van der Waals surface area contributed by atoms with E-state index in [1.807, 2.05) is 0 Å². The van der Waals surface area contributed by atoms with Crippen molar-refractivity contribution in [3.8, 4) is 6.07 Å². The zero-order valence-electron chi connectivity index (χ0n) is 3.89. The lowest BCUT2D eigenvalue weighted by Crippen LogP contribution is -1.72. The second kappa shape index (κ2) is 1.83. The van der Waals surface area contributed by atoms with Gasteiger partial charge >= 0.3 is 0 Å². The standard InChI is InChI=1S/C5H6BrN/c6-5-3-4(5)1-2-7/h4-5H,1,3H2. The van der Waals surface area contributed by atoms with Gasteiger partial charge in [-0.1, -0.05) is 15.9 Å². The number of rotatable bonds is 1. The average Bonchev–Trinajstić information content (AvgIpc) is 2.22. The molecule has 2 heteroatoms. The molecule has 0 aromatic carbocycles. The van der Waals surface area contributed by atoms with Crippen molar-refractivity contribution in [2.45, 2.75) is 17.7 Å². The lowest BCUT2D eigenvalue weighted by atomic mass is 10.3. The Morgan fingerprint density at radius 1 is 1.86 bits per heavy atom. The van der Waals surface area contributed by atoms with Gasteiger partial charge in [-0.25, -0.2) is 0 Å². The van der Waals surface area contributed by atoms with Gasteiger partial charge in [-0.2, -0.15) is 5.26 Å². The van der Waals surface area contributed by atoms with E-state index in [0.717, 1.165) is 6.42 Å². The number of nitriles is 1.